The van der Waals surface area contributed by atoms with Gasteiger partial charge in [-0.3, -0.25) is 0 Å². The number of hydrogen-bond acceptors (Lipinski definition) is 1. The van der Waals surface area contributed by atoms with Crippen molar-refractivity contribution >= 4 is 0 Å². The van der Waals surface area contributed by atoms with E-state index in [0.717, 1.165) is 5.56 Å². The van der Waals surface area contributed by atoms with E-state index in [1.165, 1.54) is 0 Å². The summed E-state index contributed by atoms with van der Waals surface area (Å²) in [7, 11) is 0. The average molecular weight is 225 g/mol. The minimum absolute atomic E-state index is 0.0777. The third kappa shape index (κ3) is 2.51. The van der Waals surface area contributed by atoms with Gasteiger partial charge in [-0.2, -0.15) is 5.26 Å². The first-order chi connectivity index (χ1) is 8.24. The second-order valence-electron chi connectivity index (χ2n) is 3.94. The Morgan fingerprint density at radius 3 is 2.00 bits per heavy atom. The number of benzene rings is 2. The molecule has 0 aliphatic rings. The first-order valence-corrected chi connectivity index (χ1v) is 5.44. The molecule has 0 aliphatic heterocycles. The molecule has 0 saturated carbocycles. The van der Waals surface area contributed by atoms with Gasteiger partial charge in [0.25, 0.3) is 0 Å². The van der Waals surface area contributed by atoms with Crippen LogP contribution < -0.4 is 0 Å². The molecule has 0 heterocycles. The second kappa shape index (κ2) is 4.80. The third-order valence-electron chi connectivity index (χ3n) is 2.70. The molecule has 1 unspecified atom stereocenters. The number of nitriles is 1. The van der Waals surface area contributed by atoms with Gasteiger partial charge in [-0.1, -0.05) is 60.7 Å². The quantitative estimate of drug-likeness (QED) is 0.782. The van der Waals surface area contributed by atoms with E-state index in [1.54, 1.807) is 30.3 Å². The molecule has 0 aliphatic carbocycles. The number of halogens is 1. The molecule has 1 atom stereocenters. The summed E-state index contributed by atoms with van der Waals surface area (Å²) < 4.78 is 14.6. The third-order valence-corrected chi connectivity index (χ3v) is 2.70. The van der Waals surface area contributed by atoms with Crippen LogP contribution in [0.3, 0.4) is 0 Å². The summed E-state index contributed by atoms with van der Waals surface area (Å²) in [5.41, 5.74) is -0.727. The molecule has 0 radical (unpaired) electrons. The molecule has 0 fully saturated rings. The second-order valence-corrected chi connectivity index (χ2v) is 3.94. The van der Waals surface area contributed by atoms with Gasteiger partial charge in [-0.15, -0.1) is 0 Å². The number of nitrogens with zero attached hydrogens (tertiary/aromatic N) is 1. The number of rotatable bonds is 3. The summed E-state index contributed by atoms with van der Waals surface area (Å²) in [5, 5.41) is 9.08. The van der Waals surface area contributed by atoms with Gasteiger partial charge in [0.1, 0.15) is 6.07 Å². The van der Waals surface area contributed by atoms with Gasteiger partial charge in [0, 0.05) is 12.0 Å². The maximum absolute atomic E-state index is 14.6. The predicted molar refractivity (Wildman–Crippen MR) is 65.0 cm³/mol. The van der Waals surface area contributed by atoms with Crippen molar-refractivity contribution in [2.24, 2.45) is 0 Å². The Bertz CT molecular complexity index is 516. The lowest BCUT2D eigenvalue weighted by molar-refractivity contribution is 0.243. The van der Waals surface area contributed by atoms with E-state index in [0.29, 0.717) is 5.56 Å². The largest absolute Gasteiger partial charge is 0.225 e. The molecule has 2 rings (SSSR count). The molecule has 0 spiro atoms. The summed E-state index contributed by atoms with van der Waals surface area (Å²) in [5.74, 6) is 0. The normalized spacial score (nSPS) is 13.6. The molecule has 0 saturated heterocycles. The maximum Gasteiger partial charge on any atom is 0.225 e. The van der Waals surface area contributed by atoms with Crippen molar-refractivity contribution in [3.05, 3.63) is 71.8 Å². The average Bonchev–Trinajstić information content (AvgIpc) is 2.41. The highest BCUT2D eigenvalue weighted by Gasteiger charge is 2.31. The highest BCUT2D eigenvalue weighted by atomic mass is 19.1. The monoisotopic (exact) mass is 225 g/mol. The van der Waals surface area contributed by atoms with Crippen LogP contribution in [0.25, 0.3) is 0 Å². The van der Waals surface area contributed by atoms with Crippen LogP contribution in [0.4, 0.5) is 4.39 Å². The standard InChI is InChI=1S/C15H12FN/c16-15(12-17,14-9-5-2-6-10-14)11-13-7-3-1-4-8-13/h1-10H,11H2. The van der Waals surface area contributed by atoms with Crippen LogP contribution in [-0.2, 0) is 12.1 Å². The van der Waals surface area contributed by atoms with Crippen LogP contribution in [0, 0.1) is 11.3 Å². The minimum atomic E-state index is -1.96. The van der Waals surface area contributed by atoms with E-state index in [2.05, 4.69) is 0 Å². The minimum Gasteiger partial charge on any atom is -0.222 e. The highest BCUT2D eigenvalue weighted by Crippen LogP contribution is 2.29. The van der Waals surface area contributed by atoms with Crippen molar-refractivity contribution in [3.63, 3.8) is 0 Å². The van der Waals surface area contributed by atoms with Gasteiger partial charge in [-0.25, -0.2) is 4.39 Å². The Labute approximate surface area is 100 Å². The fourth-order valence-corrected chi connectivity index (χ4v) is 1.79. The van der Waals surface area contributed by atoms with Gasteiger partial charge in [0.2, 0.25) is 5.67 Å². The first-order valence-electron chi connectivity index (χ1n) is 5.44. The Morgan fingerprint density at radius 2 is 1.47 bits per heavy atom. The van der Waals surface area contributed by atoms with Gasteiger partial charge < -0.3 is 0 Å². The van der Waals surface area contributed by atoms with E-state index >= 15 is 0 Å². The lowest BCUT2D eigenvalue weighted by Crippen LogP contribution is -2.20. The molecule has 17 heavy (non-hydrogen) atoms. The van der Waals surface area contributed by atoms with Gasteiger partial charge >= 0.3 is 0 Å². The Kier molecular flexibility index (Phi) is 3.20. The van der Waals surface area contributed by atoms with Crippen molar-refractivity contribution in [1.29, 1.82) is 5.26 Å². The van der Waals surface area contributed by atoms with E-state index in [4.69, 9.17) is 5.26 Å². The lowest BCUT2D eigenvalue weighted by atomic mass is 9.90. The van der Waals surface area contributed by atoms with Crippen molar-refractivity contribution in [2.75, 3.05) is 0 Å². The number of alkyl halides is 1. The Morgan fingerprint density at radius 1 is 0.941 bits per heavy atom. The molecule has 0 N–H and O–H groups in total. The maximum atomic E-state index is 14.6. The topological polar surface area (TPSA) is 23.8 Å². The molecule has 0 aromatic heterocycles. The zero-order valence-electron chi connectivity index (χ0n) is 9.31. The van der Waals surface area contributed by atoms with Crippen molar-refractivity contribution in [2.45, 2.75) is 12.1 Å². The van der Waals surface area contributed by atoms with Crippen molar-refractivity contribution in [3.8, 4) is 6.07 Å². The lowest BCUT2D eigenvalue weighted by Gasteiger charge is -2.17. The fourth-order valence-electron chi connectivity index (χ4n) is 1.79. The molecular formula is C15H12FN. The van der Waals surface area contributed by atoms with Crippen LogP contribution >= 0.6 is 0 Å². The van der Waals surface area contributed by atoms with Crippen molar-refractivity contribution < 1.29 is 4.39 Å². The SMILES string of the molecule is N#CC(F)(Cc1ccccc1)c1ccccc1. The van der Waals surface area contributed by atoms with Crippen LogP contribution in [-0.4, -0.2) is 0 Å². The smallest absolute Gasteiger partial charge is 0.222 e. The molecule has 0 bridgehead atoms. The summed E-state index contributed by atoms with van der Waals surface area (Å²) >= 11 is 0. The predicted octanol–water partition coefficient (Wildman–Crippen LogP) is 3.62. The molecule has 1 nitrogen and oxygen atoms in total. The van der Waals surface area contributed by atoms with Gasteiger partial charge in [0.05, 0.1) is 0 Å². The summed E-state index contributed by atoms with van der Waals surface area (Å²) in [4.78, 5) is 0. The molecule has 2 aromatic carbocycles. The van der Waals surface area contributed by atoms with Gasteiger partial charge in [0.15, 0.2) is 0 Å². The summed E-state index contributed by atoms with van der Waals surface area (Å²) in [6.07, 6.45) is 0.0777. The van der Waals surface area contributed by atoms with E-state index in [1.807, 2.05) is 36.4 Å². The van der Waals surface area contributed by atoms with Crippen LogP contribution in [0.1, 0.15) is 11.1 Å². The van der Waals surface area contributed by atoms with Crippen LogP contribution in [0.5, 0.6) is 0 Å². The Hall–Kier alpha value is -2.14. The summed E-state index contributed by atoms with van der Waals surface area (Å²) in [6.45, 7) is 0. The zero-order valence-corrected chi connectivity index (χ0v) is 9.31. The molecule has 0 amide bonds. The molecule has 2 heteroatoms. The van der Waals surface area contributed by atoms with Gasteiger partial charge in [-0.05, 0) is 5.56 Å². The highest BCUT2D eigenvalue weighted by molar-refractivity contribution is 5.32. The van der Waals surface area contributed by atoms with E-state index in [9.17, 15) is 4.39 Å². The molecular weight excluding hydrogens is 213 g/mol. The van der Waals surface area contributed by atoms with E-state index in [-0.39, 0.29) is 6.42 Å². The Balaban J connectivity index is 2.31. The molecule has 2 aromatic rings. The van der Waals surface area contributed by atoms with Crippen LogP contribution in [0.2, 0.25) is 0 Å². The molecule has 84 valence electrons. The fraction of sp³-hybridized carbons (Fsp3) is 0.133. The van der Waals surface area contributed by atoms with Crippen LogP contribution in [0.15, 0.2) is 60.7 Å². The number of hydrogen-bond donors (Lipinski definition) is 0. The van der Waals surface area contributed by atoms with E-state index < -0.39 is 5.67 Å². The first kappa shape index (κ1) is 11.3. The summed E-state index contributed by atoms with van der Waals surface area (Å²) in [6, 6.07) is 19.6. The van der Waals surface area contributed by atoms with Crippen molar-refractivity contribution in [1.82, 2.24) is 0 Å². The zero-order chi connectivity index (χ0) is 12.1.